The van der Waals surface area contributed by atoms with Crippen LogP contribution in [0.1, 0.15) is 24.8 Å². The summed E-state index contributed by atoms with van der Waals surface area (Å²) in [6.07, 6.45) is 3.73. The Kier molecular flexibility index (Phi) is 3.11. The van der Waals surface area contributed by atoms with E-state index in [4.69, 9.17) is 0 Å². The summed E-state index contributed by atoms with van der Waals surface area (Å²) >= 11 is 0. The first kappa shape index (κ1) is 10.3. The molecule has 0 unspecified atom stereocenters. The molecule has 1 aliphatic rings. The third kappa shape index (κ3) is 2.42. The number of likely N-dealkylation sites (tertiary alicyclic amines) is 1. The van der Waals surface area contributed by atoms with Crippen molar-refractivity contribution in [3.63, 3.8) is 0 Å². The molecule has 1 fully saturated rings. The summed E-state index contributed by atoms with van der Waals surface area (Å²) in [6.45, 7) is 2.78. The first-order chi connectivity index (χ1) is 7.27. The van der Waals surface area contributed by atoms with Crippen LogP contribution in [0.25, 0.3) is 0 Å². The molecule has 2 N–H and O–H groups in total. The summed E-state index contributed by atoms with van der Waals surface area (Å²) in [5.74, 6) is 0.390. The van der Waals surface area contributed by atoms with Gasteiger partial charge in [0.05, 0.1) is 0 Å². The molecular formula is C12H17NO2. The highest BCUT2D eigenvalue weighted by atomic mass is 16.3. The normalized spacial score (nSPS) is 17.9. The molecule has 1 aliphatic heterocycles. The molecule has 15 heavy (non-hydrogen) atoms. The summed E-state index contributed by atoms with van der Waals surface area (Å²) in [5, 5.41) is 19.3. The molecule has 82 valence electrons. The van der Waals surface area contributed by atoms with E-state index in [2.05, 4.69) is 4.90 Å². The minimum absolute atomic E-state index is 0.195. The van der Waals surface area contributed by atoms with Crippen molar-refractivity contribution >= 4 is 0 Å². The van der Waals surface area contributed by atoms with Crippen molar-refractivity contribution in [1.82, 2.24) is 4.90 Å². The zero-order valence-corrected chi connectivity index (χ0v) is 8.82. The zero-order valence-electron chi connectivity index (χ0n) is 8.82. The lowest BCUT2D eigenvalue weighted by Gasteiger charge is -2.26. The van der Waals surface area contributed by atoms with Crippen LogP contribution in [0.2, 0.25) is 0 Å². The van der Waals surface area contributed by atoms with E-state index < -0.39 is 0 Å². The van der Waals surface area contributed by atoms with Gasteiger partial charge in [-0.3, -0.25) is 4.90 Å². The predicted molar refractivity (Wildman–Crippen MR) is 58.9 cm³/mol. The van der Waals surface area contributed by atoms with Gasteiger partial charge >= 0.3 is 0 Å². The van der Waals surface area contributed by atoms with Crippen LogP contribution in [0.15, 0.2) is 18.2 Å². The minimum atomic E-state index is 0.195. The summed E-state index contributed by atoms with van der Waals surface area (Å²) in [4.78, 5) is 2.28. The van der Waals surface area contributed by atoms with Gasteiger partial charge in [0.2, 0.25) is 0 Å². The lowest BCUT2D eigenvalue weighted by Crippen LogP contribution is -2.29. The van der Waals surface area contributed by atoms with Gasteiger partial charge in [-0.1, -0.05) is 12.5 Å². The van der Waals surface area contributed by atoms with E-state index in [1.165, 1.54) is 19.3 Å². The van der Waals surface area contributed by atoms with Gasteiger partial charge in [-0.2, -0.15) is 0 Å². The molecule has 1 heterocycles. The first-order valence-corrected chi connectivity index (χ1v) is 5.49. The second-order valence-electron chi connectivity index (χ2n) is 4.11. The van der Waals surface area contributed by atoms with Crippen LogP contribution in [0, 0.1) is 0 Å². The fourth-order valence-electron chi connectivity index (χ4n) is 2.07. The molecule has 0 spiro atoms. The number of aromatic hydroxyl groups is 2. The second-order valence-corrected chi connectivity index (χ2v) is 4.11. The highest BCUT2D eigenvalue weighted by Gasteiger charge is 2.14. The van der Waals surface area contributed by atoms with E-state index in [1.54, 1.807) is 18.2 Å². The first-order valence-electron chi connectivity index (χ1n) is 5.49. The maximum Gasteiger partial charge on any atom is 0.123 e. The van der Waals surface area contributed by atoms with Crippen LogP contribution in [0.4, 0.5) is 0 Å². The summed E-state index contributed by atoms with van der Waals surface area (Å²) in [7, 11) is 0. The van der Waals surface area contributed by atoms with Crippen LogP contribution >= 0.6 is 0 Å². The van der Waals surface area contributed by atoms with Crippen LogP contribution in [0.3, 0.4) is 0 Å². The quantitative estimate of drug-likeness (QED) is 0.780. The van der Waals surface area contributed by atoms with E-state index in [0.29, 0.717) is 12.1 Å². The molecule has 0 aliphatic carbocycles. The number of phenolic OH excluding ortho intramolecular Hbond substituents is 2. The SMILES string of the molecule is Oc1cccc(O)c1CN1CCCCC1. The molecule has 3 nitrogen and oxygen atoms in total. The number of hydrogen-bond donors (Lipinski definition) is 2. The van der Waals surface area contributed by atoms with Crippen molar-refractivity contribution in [2.24, 2.45) is 0 Å². The van der Waals surface area contributed by atoms with Crippen molar-refractivity contribution in [2.45, 2.75) is 25.8 Å². The monoisotopic (exact) mass is 207 g/mol. The Labute approximate surface area is 90.0 Å². The summed E-state index contributed by atoms with van der Waals surface area (Å²) in [5.41, 5.74) is 0.652. The van der Waals surface area contributed by atoms with Gasteiger partial charge in [0, 0.05) is 12.1 Å². The number of phenols is 2. The maximum atomic E-state index is 9.64. The Morgan fingerprint density at radius 2 is 1.60 bits per heavy atom. The second kappa shape index (κ2) is 4.53. The molecule has 1 aromatic carbocycles. The van der Waals surface area contributed by atoms with Gasteiger partial charge in [-0.25, -0.2) is 0 Å². The van der Waals surface area contributed by atoms with Crippen LogP contribution in [-0.2, 0) is 6.54 Å². The maximum absolute atomic E-state index is 9.64. The van der Waals surface area contributed by atoms with Gasteiger partial charge in [0.1, 0.15) is 11.5 Å². The van der Waals surface area contributed by atoms with Crippen molar-refractivity contribution in [3.05, 3.63) is 23.8 Å². The lowest BCUT2D eigenvalue weighted by atomic mass is 10.1. The highest BCUT2D eigenvalue weighted by molar-refractivity contribution is 5.42. The zero-order chi connectivity index (χ0) is 10.7. The van der Waals surface area contributed by atoms with E-state index in [0.717, 1.165) is 13.1 Å². The van der Waals surface area contributed by atoms with Crippen LogP contribution in [-0.4, -0.2) is 28.2 Å². The van der Waals surface area contributed by atoms with Gasteiger partial charge in [-0.05, 0) is 38.1 Å². The number of piperidine rings is 1. The highest BCUT2D eigenvalue weighted by Crippen LogP contribution is 2.28. The Balaban J connectivity index is 2.09. The number of nitrogens with zero attached hydrogens (tertiary/aromatic N) is 1. The molecule has 0 amide bonds. The average molecular weight is 207 g/mol. The topological polar surface area (TPSA) is 43.7 Å². The van der Waals surface area contributed by atoms with E-state index in [-0.39, 0.29) is 11.5 Å². The minimum Gasteiger partial charge on any atom is -0.507 e. The molecule has 1 aromatic rings. The number of benzene rings is 1. The molecule has 3 heteroatoms. The van der Waals surface area contributed by atoms with E-state index in [9.17, 15) is 10.2 Å². The standard InChI is InChI=1S/C12H17NO2/c14-11-5-4-6-12(15)10(11)9-13-7-2-1-3-8-13/h4-6,14-15H,1-3,7-9H2. The van der Waals surface area contributed by atoms with Crippen molar-refractivity contribution < 1.29 is 10.2 Å². The van der Waals surface area contributed by atoms with Gasteiger partial charge in [0.25, 0.3) is 0 Å². The fourth-order valence-corrected chi connectivity index (χ4v) is 2.07. The number of hydrogen-bond acceptors (Lipinski definition) is 3. The Hall–Kier alpha value is -1.22. The van der Waals surface area contributed by atoms with Gasteiger partial charge in [-0.15, -0.1) is 0 Å². The van der Waals surface area contributed by atoms with Crippen LogP contribution < -0.4 is 0 Å². The lowest BCUT2D eigenvalue weighted by molar-refractivity contribution is 0.216. The smallest absolute Gasteiger partial charge is 0.123 e. The largest absolute Gasteiger partial charge is 0.507 e. The molecule has 0 saturated carbocycles. The Morgan fingerprint density at radius 3 is 2.20 bits per heavy atom. The summed E-state index contributed by atoms with van der Waals surface area (Å²) < 4.78 is 0. The molecule has 0 radical (unpaired) electrons. The Morgan fingerprint density at radius 1 is 1.00 bits per heavy atom. The fraction of sp³-hybridized carbons (Fsp3) is 0.500. The van der Waals surface area contributed by atoms with Crippen molar-refractivity contribution in [1.29, 1.82) is 0 Å². The molecule has 0 aromatic heterocycles. The van der Waals surface area contributed by atoms with Crippen LogP contribution in [0.5, 0.6) is 11.5 Å². The van der Waals surface area contributed by atoms with Crippen molar-refractivity contribution in [3.8, 4) is 11.5 Å². The Bertz CT molecular complexity index is 312. The molecular weight excluding hydrogens is 190 g/mol. The van der Waals surface area contributed by atoms with E-state index in [1.807, 2.05) is 0 Å². The third-order valence-electron chi connectivity index (χ3n) is 2.96. The van der Waals surface area contributed by atoms with Gasteiger partial charge in [0.15, 0.2) is 0 Å². The van der Waals surface area contributed by atoms with Crippen molar-refractivity contribution in [2.75, 3.05) is 13.1 Å². The van der Waals surface area contributed by atoms with E-state index >= 15 is 0 Å². The predicted octanol–water partition coefficient (Wildman–Crippen LogP) is 2.08. The molecule has 1 saturated heterocycles. The molecule has 2 rings (SSSR count). The average Bonchev–Trinajstić information content (AvgIpc) is 2.25. The molecule has 0 bridgehead atoms. The summed E-state index contributed by atoms with van der Waals surface area (Å²) in [6, 6.07) is 4.91. The van der Waals surface area contributed by atoms with Gasteiger partial charge < -0.3 is 10.2 Å². The molecule has 0 atom stereocenters. The number of rotatable bonds is 2. The third-order valence-corrected chi connectivity index (χ3v) is 2.96.